The van der Waals surface area contributed by atoms with Crippen molar-refractivity contribution in [1.82, 2.24) is 20.5 Å². The number of nitrogens with one attached hydrogen (secondary N) is 2. The van der Waals surface area contributed by atoms with Crippen LogP contribution < -0.4 is 10.6 Å². The van der Waals surface area contributed by atoms with Crippen molar-refractivity contribution in [2.45, 2.75) is 65.3 Å². The lowest BCUT2D eigenvalue weighted by Gasteiger charge is -2.20. The highest BCUT2D eigenvalue weighted by Gasteiger charge is 2.15. The fourth-order valence-corrected chi connectivity index (χ4v) is 3.78. The molecule has 27 heavy (non-hydrogen) atoms. The molecule has 0 radical (unpaired) electrons. The lowest BCUT2D eigenvalue weighted by molar-refractivity contribution is -0.130. The maximum absolute atomic E-state index is 12.0. The van der Waals surface area contributed by atoms with Crippen LogP contribution in [0.15, 0.2) is 10.4 Å². The molecule has 2 heterocycles. The first-order valence-electron chi connectivity index (χ1n) is 9.84. The van der Waals surface area contributed by atoms with Gasteiger partial charge in [0.1, 0.15) is 5.01 Å². The minimum absolute atomic E-state index is 0. The largest absolute Gasteiger partial charge is 0.357 e. The Labute approximate surface area is 184 Å². The molecular weight excluding hydrogens is 473 g/mol. The maximum atomic E-state index is 12.0. The molecule has 1 fully saturated rings. The first-order chi connectivity index (χ1) is 12.6. The van der Waals surface area contributed by atoms with Crippen LogP contribution in [-0.4, -0.2) is 47.9 Å². The van der Waals surface area contributed by atoms with E-state index in [2.05, 4.69) is 46.8 Å². The highest BCUT2D eigenvalue weighted by atomic mass is 127. The normalized spacial score (nSPS) is 15.5. The van der Waals surface area contributed by atoms with E-state index in [0.29, 0.717) is 24.8 Å². The quantitative estimate of drug-likeness (QED) is 0.244. The van der Waals surface area contributed by atoms with Crippen molar-refractivity contribution in [3.8, 4) is 0 Å². The summed E-state index contributed by atoms with van der Waals surface area (Å²) < 4.78 is 0. The standard InChI is InChI=1S/C19H33N5OS.HI/c1-4-20-19(22-13-17-23-16(14-26-17)15(2)3)21-10-8-12-24-11-7-5-6-9-18(24)25;/h14-15H,4-13H2,1-3H3,(H2,20,21,22);1H. The van der Waals surface area contributed by atoms with E-state index >= 15 is 0 Å². The van der Waals surface area contributed by atoms with Crippen LogP contribution in [0.2, 0.25) is 0 Å². The molecule has 1 amide bonds. The molecule has 0 aromatic carbocycles. The van der Waals surface area contributed by atoms with Crippen molar-refractivity contribution in [1.29, 1.82) is 0 Å². The van der Waals surface area contributed by atoms with Crippen molar-refractivity contribution in [3.05, 3.63) is 16.1 Å². The SMILES string of the molecule is CCNC(=NCc1nc(C(C)C)cs1)NCCCN1CCCCCC1=O.I. The molecule has 2 N–H and O–H groups in total. The molecule has 6 nitrogen and oxygen atoms in total. The van der Waals surface area contributed by atoms with Crippen LogP contribution in [0.5, 0.6) is 0 Å². The third-order valence-electron chi connectivity index (χ3n) is 4.45. The summed E-state index contributed by atoms with van der Waals surface area (Å²) >= 11 is 1.67. The number of carbonyl (C=O) groups excluding carboxylic acids is 1. The summed E-state index contributed by atoms with van der Waals surface area (Å²) in [6, 6.07) is 0. The summed E-state index contributed by atoms with van der Waals surface area (Å²) in [5, 5.41) is 9.80. The van der Waals surface area contributed by atoms with Gasteiger partial charge < -0.3 is 15.5 Å². The predicted octanol–water partition coefficient (Wildman–Crippen LogP) is 3.73. The Balaban J connectivity index is 0.00000364. The third-order valence-corrected chi connectivity index (χ3v) is 5.30. The van der Waals surface area contributed by atoms with Crippen LogP contribution >= 0.6 is 35.3 Å². The Morgan fingerprint density at radius 2 is 2.15 bits per heavy atom. The summed E-state index contributed by atoms with van der Waals surface area (Å²) in [5.41, 5.74) is 1.14. The van der Waals surface area contributed by atoms with Gasteiger partial charge in [-0.3, -0.25) is 4.79 Å². The van der Waals surface area contributed by atoms with Gasteiger partial charge in [-0.2, -0.15) is 0 Å². The third kappa shape index (κ3) is 8.76. The fraction of sp³-hybridized carbons (Fsp3) is 0.737. The molecule has 1 aromatic heterocycles. The Bertz CT molecular complexity index is 590. The van der Waals surface area contributed by atoms with Crippen molar-refractivity contribution in [3.63, 3.8) is 0 Å². The van der Waals surface area contributed by atoms with E-state index in [1.807, 2.05) is 4.90 Å². The summed E-state index contributed by atoms with van der Waals surface area (Å²) in [5.74, 6) is 1.58. The molecular formula is C19H34IN5OS. The number of aliphatic imine (C=N–C) groups is 1. The monoisotopic (exact) mass is 507 g/mol. The van der Waals surface area contributed by atoms with Crippen LogP contribution in [0.25, 0.3) is 0 Å². The molecule has 0 unspecified atom stereocenters. The fourth-order valence-electron chi connectivity index (χ4n) is 2.90. The van der Waals surface area contributed by atoms with E-state index in [0.717, 1.165) is 62.1 Å². The molecule has 154 valence electrons. The van der Waals surface area contributed by atoms with Gasteiger partial charge in [0.15, 0.2) is 5.96 Å². The number of amides is 1. The van der Waals surface area contributed by atoms with Crippen molar-refractivity contribution in [2.75, 3.05) is 26.2 Å². The number of rotatable bonds is 8. The molecule has 1 aliphatic heterocycles. The van der Waals surface area contributed by atoms with Gasteiger partial charge in [0.2, 0.25) is 5.91 Å². The van der Waals surface area contributed by atoms with Crippen LogP contribution in [0, 0.1) is 0 Å². The van der Waals surface area contributed by atoms with Gasteiger partial charge in [-0.15, -0.1) is 35.3 Å². The van der Waals surface area contributed by atoms with E-state index < -0.39 is 0 Å². The number of carbonyl (C=O) groups is 1. The van der Waals surface area contributed by atoms with Crippen LogP contribution in [0.1, 0.15) is 69.5 Å². The molecule has 1 aromatic rings. The smallest absolute Gasteiger partial charge is 0.222 e. The maximum Gasteiger partial charge on any atom is 0.222 e. The van der Waals surface area contributed by atoms with Gasteiger partial charge in [0.25, 0.3) is 0 Å². The minimum Gasteiger partial charge on any atom is -0.357 e. The van der Waals surface area contributed by atoms with Gasteiger partial charge in [0, 0.05) is 38.0 Å². The number of halogens is 1. The van der Waals surface area contributed by atoms with Crippen molar-refractivity contribution >= 4 is 47.2 Å². The van der Waals surface area contributed by atoms with Gasteiger partial charge >= 0.3 is 0 Å². The van der Waals surface area contributed by atoms with E-state index in [1.165, 1.54) is 6.42 Å². The summed E-state index contributed by atoms with van der Waals surface area (Å²) in [6.07, 6.45) is 5.00. The molecule has 1 saturated heterocycles. The van der Waals surface area contributed by atoms with E-state index in [9.17, 15) is 4.79 Å². The van der Waals surface area contributed by atoms with Crippen molar-refractivity contribution < 1.29 is 4.79 Å². The van der Waals surface area contributed by atoms with E-state index in [-0.39, 0.29) is 24.0 Å². The topological polar surface area (TPSA) is 69.6 Å². The number of likely N-dealkylation sites (tertiary alicyclic amines) is 1. The second-order valence-electron chi connectivity index (χ2n) is 6.99. The number of thiazole rings is 1. The Morgan fingerprint density at radius 1 is 1.33 bits per heavy atom. The molecule has 0 atom stereocenters. The predicted molar refractivity (Wildman–Crippen MR) is 124 cm³/mol. The van der Waals surface area contributed by atoms with Crippen LogP contribution in [0.3, 0.4) is 0 Å². The first-order valence-corrected chi connectivity index (χ1v) is 10.7. The van der Waals surface area contributed by atoms with E-state index in [1.54, 1.807) is 11.3 Å². The number of hydrogen-bond donors (Lipinski definition) is 2. The average Bonchev–Trinajstić information content (AvgIpc) is 3.01. The molecule has 0 bridgehead atoms. The Hall–Kier alpha value is -0.900. The Kier molecular flexibility index (Phi) is 11.9. The van der Waals surface area contributed by atoms with Gasteiger partial charge in [-0.25, -0.2) is 9.98 Å². The lowest BCUT2D eigenvalue weighted by Crippen LogP contribution is -2.39. The lowest BCUT2D eigenvalue weighted by atomic mass is 10.2. The number of guanidine groups is 1. The highest BCUT2D eigenvalue weighted by Crippen LogP contribution is 2.18. The summed E-state index contributed by atoms with van der Waals surface area (Å²) in [7, 11) is 0. The van der Waals surface area contributed by atoms with Gasteiger partial charge in [-0.05, 0) is 32.1 Å². The van der Waals surface area contributed by atoms with Crippen LogP contribution in [0.4, 0.5) is 0 Å². The highest BCUT2D eigenvalue weighted by molar-refractivity contribution is 14.0. The first kappa shape index (κ1) is 24.1. The van der Waals surface area contributed by atoms with E-state index in [4.69, 9.17) is 0 Å². The zero-order chi connectivity index (χ0) is 18.8. The second kappa shape index (κ2) is 13.3. The molecule has 0 saturated carbocycles. The molecule has 1 aliphatic rings. The van der Waals surface area contributed by atoms with Gasteiger partial charge in [0.05, 0.1) is 12.2 Å². The van der Waals surface area contributed by atoms with Gasteiger partial charge in [-0.1, -0.05) is 20.3 Å². The molecule has 2 rings (SSSR count). The average molecular weight is 507 g/mol. The summed E-state index contributed by atoms with van der Waals surface area (Å²) in [6.45, 7) is 10.3. The van der Waals surface area contributed by atoms with Crippen molar-refractivity contribution in [2.24, 2.45) is 4.99 Å². The zero-order valence-electron chi connectivity index (χ0n) is 16.8. The number of aromatic nitrogens is 1. The molecule has 0 aliphatic carbocycles. The molecule has 8 heteroatoms. The number of hydrogen-bond acceptors (Lipinski definition) is 4. The number of nitrogens with zero attached hydrogens (tertiary/aromatic N) is 3. The van der Waals surface area contributed by atoms with Crippen LogP contribution in [-0.2, 0) is 11.3 Å². The summed E-state index contributed by atoms with van der Waals surface area (Å²) in [4.78, 5) is 23.3. The second-order valence-corrected chi connectivity index (χ2v) is 7.93. The molecule has 0 spiro atoms. The Morgan fingerprint density at radius 3 is 2.85 bits per heavy atom. The minimum atomic E-state index is 0. The zero-order valence-corrected chi connectivity index (χ0v) is 19.9.